The average Bonchev–Trinajstić information content (AvgIpc) is 2.23. The van der Waals surface area contributed by atoms with Gasteiger partial charge in [-0.3, -0.25) is 0 Å². The van der Waals surface area contributed by atoms with E-state index in [1.807, 2.05) is 0 Å². The van der Waals surface area contributed by atoms with Gasteiger partial charge in [0.05, 0.1) is 18.2 Å². The summed E-state index contributed by atoms with van der Waals surface area (Å²) in [6, 6.07) is 0.721. The molecule has 0 N–H and O–H groups in total. The van der Waals surface area contributed by atoms with Crippen molar-refractivity contribution in [3.63, 3.8) is 0 Å². The zero-order valence-electron chi connectivity index (χ0n) is 11.3. The Morgan fingerprint density at radius 2 is 1.35 bits per heavy atom. The van der Waals surface area contributed by atoms with Crippen LogP contribution in [0.3, 0.4) is 0 Å². The monoisotopic (exact) mass is 300 g/mol. The van der Waals surface area contributed by atoms with Gasteiger partial charge in [-0.2, -0.15) is 26.3 Å². The lowest BCUT2D eigenvalue weighted by molar-refractivity contribution is -0.144. The van der Waals surface area contributed by atoms with E-state index in [2.05, 4.69) is 0 Å². The molecule has 0 spiro atoms. The summed E-state index contributed by atoms with van der Waals surface area (Å²) >= 11 is 0. The Bertz CT molecular complexity index is 493. The van der Waals surface area contributed by atoms with Crippen LogP contribution in [0.25, 0.3) is 0 Å². The van der Waals surface area contributed by atoms with Crippen molar-refractivity contribution in [1.29, 1.82) is 0 Å². The summed E-state index contributed by atoms with van der Waals surface area (Å²) in [5, 5.41) is 0. The van der Waals surface area contributed by atoms with Crippen LogP contribution in [0.4, 0.5) is 26.3 Å². The van der Waals surface area contributed by atoms with Gasteiger partial charge in [0.25, 0.3) is 0 Å². The highest BCUT2D eigenvalue weighted by molar-refractivity contribution is 5.49. The van der Waals surface area contributed by atoms with Crippen LogP contribution in [-0.4, -0.2) is 7.11 Å². The third-order valence-electron chi connectivity index (χ3n) is 2.70. The first-order valence-electron chi connectivity index (χ1n) is 5.65. The number of hydrogen-bond donors (Lipinski definition) is 0. The molecule has 0 aliphatic rings. The number of halogens is 6. The van der Waals surface area contributed by atoms with Crippen molar-refractivity contribution in [3.05, 3.63) is 28.8 Å². The van der Waals surface area contributed by atoms with E-state index >= 15 is 0 Å². The van der Waals surface area contributed by atoms with Crippen molar-refractivity contribution in [3.8, 4) is 5.75 Å². The Kier molecular flexibility index (Phi) is 4.04. The summed E-state index contributed by atoms with van der Waals surface area (Å²) in [5.74, 6) is -0.417. The van der Waals surface area contributed by atoms with Crippen molar-refractivity contribution in [1.82, 2.24) is 0 Å². The van der Waals surface area contributed by atoms with Crippen molar-refractivity contribution < 1.29 is 31.1 Å². The molecule has 1 aromatic carbocycles. The topological polar surface area (TPSA) is 9.23 Å². The van der Waals surface area contributed by atoms with Gasteiger partial charge < -0.3 is 4.74 Å². The number of benzene rings is 1. The number of methoxy groups -OCH3 is 1. The maximum atomic E-state index is 13.0. The van der Waals surface area contributed by atoms with E-state index in [4.69, 9.17) is 4.74 Å². The van der Waals surface area contributed by atoms with Crippen LogP contribution < -0.4 is 4.74 Å². The lowest BCUT2D eigenvalue weighted by atomic mass is 9.82. The number of rotatable bonds is 1. The highest BCUT2D eigenvalue weighted by atomic mass is 19.4. The molecule has 0 radical (unpaired) electrons. The van der Waals surface area contributed by atoms with Crippen LogP contribution >= 0.6 is 0 Å². The molecular formula is C13H14F6O. The second-order valence-corrected chi connectivity index (χ2v) is 5.35. The van der Waals surface area contributed by atoms with Crippen LogP contribution in [0.5, 0.6) is 5.75 Å². The van der Waals surface area contributed by atoms with Crippen LogP contribution in [-0.2, 0) is 17.8 Å². The first-order valence-corrected chi connectivity index (χ1v) is 5.65. The van der Waals surface area contributed by atoms with Gasteiger partial charge in [0.2, 0.25) is 0 Å². The molecule has 0 aliphatic heterocycles. The highest BCUT2D eigenvalue weighted by Gasteiger charge is 2.42. The average molecular weight is 300 g/mol. The third-order valence-corrected chi connectivity index (χ3v) is 2.70. The molecule has 1 nitrogen and oxygen atoms in total. The predicted molar refractivity (Wildman–Crippen MR) is 61.7 cm³/mol. The lowest BCUT2D eigenvalue weighted by Gasteiger charge is -2.27. The predicted octanol–water partition coefficient (Wildman–Crippen LogP) is 5.03. The van der Waals surface area contributed by atoms with E-state index < -0.39 is 34.6 Å². The van der Waals surface area contributed by atoms with Crippen LogP contribution in [0, 0.1) is 0 Å². The molecule has 1 aromatic rings. The maximum absolute atomic E-state index is 13.0. The summed E-state index contributed by atoms with van der Waals surface area (Å²) in [4.78, 5) is 0. The van der Waals surface area contributed by atoms with Gasteiger partial charge in [-0.15, -0.1) is 0 Å². The molecule has 0 saturated carbocycles. The Balaban J connectivity index is 3.76. The van der Waals surface area contributed by atoms with E-state index in [1.165, 1.54) is 20.8 Å². The quantitative estimate of drug-likeness (QED) is 0.661. The highest BCUT2D eigenvalue weighted by Crippen LogP contribution is 2.45. The van der Waals surface area contributed by atoms with Gasteiger partial charge in [0.15, 0.2) is 0 Å². The molecule has 7 heteroatoms. The van der Waals surface area contributed by atoms with Crippen molar-refractivity contribution in [2.75, 3.05) is 7.11 Å². The first kappa shape index (κ1) is 16.7. The minimum absolute atomic E-state index is 0.128. The van der Waals surface area contributed by atoms with Gasteiger partial charge in [-0.05, 0) is 17.5 Å². The molecule has 0 atom stereocenters. The fraction of sp³-hybridized carbons (Fsp3) is 0.538. The molecule has 0 heterocycles. The number of hydrogen-bond acceptors (Lipinski definition) is 1. The van der Waals surface area contributed by atoms with Crippen molar-refractivity contribution in [2.24, 2.45) is 0 Å². The maximum Gasteiger partial charge on any atom is 0.416 e. The fourth-order valence-electron chi connectivity index (χ4n) is 1.94. The third kappa shape index (κ3) is 3.37. The fourth-order valence-corrected chi connectivity index (χ4v) is 1.94. The molecule has 0 saturated heterocycles. The summed E-state index contributed by atoms with van der Waals surface area (Å²) in [7, 11) is 1.05. The van der Waals surface area contributed by atoms with E-state index in [9.17, 15) is 26.3 Å². The molecule has 0 bridgehead atoms. The minimum atomic E-state index is -4.89. The van der Waals surface area contributed by atoms with Crippen molar-refractivity contribution >= 4 is 0 Å². The molecule has 0 fully saturated rings. The van der Waals surface area contributed by atoms with Crippen LogP contribution in [0.1, 0.15) is 37.5 Å². The molecule has 0 aliphatic carbocycles. The zero-order valence-corrected chi connectivity index (χ0v) is 11.3. The summed E-state index contributed by atoms with van der Waals surface area (Å²) in [6.45, 7) is 4.44. The second-order valence-electron chi connectivity index (χ2n) is 5.35. The van der Waals surface area contributed by atoms with Gasteiger partial charge >= 0.3 is 12.4 Å². The lowest BCUT2D eigenvalue weighted by Crippen LogP contribution is -2.22. The van der Waals surface area contributed by atoms with E-state index in [-0.39, 0.29) is 11.6 Å². The zero-order chi connectivity index (χ0) is 15.9. The van der Waals surface area contributed by atoms with Crippen molar-refractivity contribution in [2.45, 2.75) is 38.5 Å². The van der Waals surface area contributed by atoms with Crippen LogP contribution in [0.15, 0.2) is 12.1 Å². The Morgan fingerprint density at radius 3 is 1.65 bits per heavy atom. The van der Waals surface area contributed by atoms with Crippen LogP contribution in [0.2, 0.25) is 0 Å². The Labute approximate surface area is 112 Å². The standard InChI is InChI=1S/C13H14F6O/c1-11(2,3)10-8(13(17,18)19)5-7(12(14,15)16)6-9(10)20-4/h5-6H,1-4H3. The molecule has 1 rings (SSSR count). The normalized spacial score (nSPS) is 13.5. The molecule has 114 valence electrons. The SMILES string of the molecule is COc1cc(C(F)(F)F)cc(C(F)(F)F)c1C(C)(C)C. The first-order chi connectivity index (χ1) is 8.78. The van der Waals surface area contributed by atoms with E-state index in [1.54, 1.807) is 0 Å². The smallest absolute Gasteiger partial charge is 0.416 e. The molecule has 0 amide bonds. The Hall–Kier alpha value is -1.40. The number of alkyl halides is 6. The van der Waals surface area contributed by atoms with E-state index in [0.29, 0.717) is 6.07 Å². The van der Waals surface area contributed by atoms with Gasteiger partial charge in [-0.25, -0.2) is 0 Å². The van der Waals surface area contributed by atoms with Gasteiger partial charge in [0, 0.05) is 5.56 Å². The summed E-state index contributed by atoms with van der Waals surface area (Å²) < 4.78 is 81.9. The Morgan fingerprint density at radius 1 is 0.850 bits per heavy atom. The van der Waals surface area contributed by atoms with Gasteiger partial charge in [-0.1, -0.05) is 20.8 Å². The van der Waals surface area contributed by atoms with E-state index in [0.717, 1.165) is 7.11 Å². The largest absolute Gasteiger partial charge is 0.496 e. The summed E-state index contributed by atoms with van der Waals surface area (Å²) in [5.41, 5.74) is -4.01. The minimum Gasteiger partial charge on any atom is -0.496 e. The molecule has 0 aromatic heterocycles. The molecular weight excluding hydrogens is 286 g/mol. The second kappa shape index (κ2) is 4.86. The molecule has 0 unspecified atom stereocenters. The summed E-state index contributed by atoms with van der Waals surface area (Å²) in [6.07, 6.45) is -9.76. The van der Waals surface area contributed by atoms with Gasteiger partial charge in [0.1, 0.15) is 5.75 Å². The number of ether oxygens (including phenoxy) is 1. The molecule has 20 heavy (non-hydrogen) atoms.